The van der Waals surface area contributed by atoms with Crippen molar-refractivity contribution >= 4 is 23.1 Å². The van der Waals surface area contributed by atoms with E-state index in [-0.39, 0.29) is 11.9 Å². The molecule has 1 saturated heterocycles. The molecule has 1 unspecified atom stereocenters. The van der Waals surface area contributed by atoms with Gasteiger partial charge in [0.2, 0.25) is 0 Å². The van der Waals surface area contributed by atoms with Crippen LogP contribution >= 0.6 is 0 Å². The molecule has 1 aliphatic heterocycles. The van der Waals surface area contributed by atoms with Gasteiger partial charge < -0.3 is 9.47 Å². The van der Waals surface area contributed by atoms with E-state index in [9.17, 15) is 9.59 Å². The Morgan fingerprint density at radius 1 is 0.933 bits per heavy atom. The maximum absolute atomic E-state index is 13.1. The van der Waals surface area contributed by atoms with Gasteiger partial charge in [-0.2, -0.15) is 0 Å². The molecule has 5 nitrogen and oxygen atoms in total. The fourth-order valence-electron chi connectivity index (χ4n) is 4.42. The second-order valence-electron chi connectivity index (χ2n) is 8.34. The summed E-state index contributed by atoms with van der Waals surface area (Å²) in [5.41, 5.74) is 3.41. The van der Waals surface area contributed by atoms with E-state index in [0.29, 0.717) is 17.3 Å². The Labute approximate surface area is 177 Å². The maximum Gasteiger partial charge on any atom is 0.253 e. The summed E-state index contributed by atoms with van der Waals surface area (Å²) in [5, 5.41) is 0.923. The minimum absolute atomic E-state index is 0.0227. The highest BCUT2D eigenvalue weighted by Gasteiger charge is 2.24. The van der Waals surface area contributed by atoms with Crippen LogP contribution in [0.3, 0.4) is 0 Å². The maximum atomic E-state index is 13.1. The van der Waals surface area contributed by atoms with E-state index in [1.54, 1.807) is 0 Å². The summed E-state index contributed by atoms with van der Waals surface area (Å²) in [6.07, 6.45) is 0.895. The number of aldehydes is 1. The van der Waals surface area contributed by atoms with Gasteiger partial charge in [-0.05, 0) is 50.6 Å². The minimum Gasteiger partial charge on any atom is -0.336 e. The van der Waals surface area contributed by atoms with E-state index in [4.69, 9.17) is 0 Å². The lowest BCUT2D eigenvalue weighted by atomic mass is 10.1. The van der Waals surface area contributed by atoms with Gasteiger partial charge >= 0.3 is 0 Å². The quantitative estimate of drug-likeness (QED) is 0.599. The number of fused-ring (bicyclic) bond motifs is 1. The minimum atomic E-state index is 0.0227. The van der Waals surface area contributed by atoms with Crippen molar-refractivity contribution in [2.24, 2.45) is 0 Å². The lowest BCUT2D eigenvalue weighted by molar-refractivity contribution is 0.0595. The van der Waals surface area contributed by atoms with Gasteiger partial charge in [0.05, 0.1) is 11.7 Å². The third-order valence-corrected chi connectivity index (χ3v) is 6.24. The molecule has 1 fully saturated rings. The van der Waals surface area contributed by atoms with Crippen LogP contribution in [0.15, 0.2) is 54.6 Å². The van der Waals surface area contributed by atoms with E-state index >= 15 is 0 Å². The number of benzene rings is 2. The molecule has 30 heavy (non-hydrogen) atoms. The molecule has 2 heterocycles. The van der Waals surface area contributed by atoms with E-state index in [2.05, 4.69) is 37.8 Å². The largest absolute Gasteiger partial charge is 0.336 e. The summed E-state index contributed by atoms with van der Waals surface area (Å²) in [6.45, 7) is 9.79. The highest BCUT2D eigenvalue weighted by molar-refractivity contribution is 5.99. The third kappa shape index (κ3) is 3.77. The molecule has 0 radical (unpaired) electrons. The van der Waals surface area contributed by atoms with Crippen molar-refractivity contribution in [3.63, 3.8) is 0 Å². The molecule has 2 aromatic carbocycles. The van der Waals surface area contributed by atoms with E-state index in [1.807, 2.05) is 51.9 Å². The molecule has 1 atom stereocenters. The predicted molar refractivity (Wildman–Crippen MR) is 120 cm³/mol. The molecule has 4 rings (SSSR count). The molecular formula is C25H29N3O2. The summed E-state index contributed by atoms with van der Waals surface area (Å²) >= 11 is 0. The molecule has 1 aliphatic rings. The fourth-order valence-corrected chi connectivity index (χ4v) is 4.42. The Balaban J connectivity index is 1.62. The predicted octanol–water partition coefficient (Wildman–Crippen LogP) is 4.23. The smallest absolute Gasteiger partial charge is 0.253 e. The molecule has 1 amide bonds. The Hall–Kier alpha value is -2.92. The van der Waals surface area contributed by atoms with Gasteiger partial charge in [0.1, 0.15) is 0 Å². The van der Waals surface area contributed by atoms with E-state index in [0.717, 1.165) is 48.9 Å². The number of piperazine rings is 1. The van der Waals surface area contributed by atoms with Crippen LogP contribution in [-0.4, -0.2) is 58.8 Å². The number of rotatable bonds is 5. The highest BCUT2D eigenvalue weighted by Crippen LogP contribution is 2.28. The molecule has 156 valence electrons. The third-order valence-electron chi connectivity index (χ3n) is 6.24. The first-order valence-corrected chi connectivity index (χ1v) is 10.7. The summed E-state index contributed by atoms with van der Waals surface area (Å²) in [5.74, 6) is 0.0665. The molecule has 0 N–H and O–H groups in total. The van der Waals surface area contributed by atoms with Crippen LogP contribution in [0.5, 0.6) is 0 Å². The van der Waals surface area contributed by atoms with Crippen molar-refractivity contribution in [2.75, 3.05) is 26.2 Å². The number of amides is 1. The van der Waals surface area contributed by atoms with Crippen molar-refractivity contribution in [1.29, 1.82) is 0 Å². The summed E-state index contributed by atoms with van der Waals surface area (Å²) in [7, 11) is 0. The Bertz CT molecular complexity index is 1050. The van der Waals surface area contributed by atoms with Gasteiger partial charge in [-0.1, -0.05) is 30.3 Å². The molecule has 5 heteroatoms. The lowest BCUT2D eigenvalue weighted by Gasteiger charge is -2.37. The van der Waals surface area contributed by atoms with Gasteiger partial charge in [-0.15, -0.1) is 0 Å². The molecular weight excluding hydrogens is 374 g/mol. The van der Waals surface area contributed by atoms with E-state index in [1.165, 1.54) is 0 Å². The average Bonchev–Trinajstić information content (AvgIpc) is 3.16. The van der Waals surface area contributed by atoms with Crippen molar-refractivity contribution < 1.29 is 9.59 Å². The monoisotopic (exact) mass is 403 g/mol. The van der Waals surface area contributed by atoms with Gasteiger partial charge in [0, 0.05) is 48.7 Å². The summed E-state index contributed by atoms with van der Waals surface area (Å²) in [4.78, 5) is 29.2. The molecule has 3 aromatic rings. The number of carbonyl (C=O) groups excluding carboxylic acids is 2. The number of hydrogen-bond donors (Lipinski definition) is 0. The zero-order valence-corrected chi connectivity index (χ0v) is 17.9. The van der Waals surface area contributed by atoms with Crippen LogP contribution in [-0.2, 0) is 0 Å². The second kappa shape index (κ2) is 8.44. The zero-order valence-electron chi connectivity index (χ0n) is 17.9. The van der Waals surface area contributed by atoms with Gasteiger partial charge in [-0.25, -0.2) is 0 Å². The average molecular weight is 404 g/mol. The van der Waals surface area contributed by atoms with Crippen LogP contribution in [0, 0.1) is 0 Å². The first kappa shape index (κ1) is 20.4. The summed E-state index contributed by atoms with van der Waals surface area (Å²) in [6, 6.07) is 18.3. The molecule has 0 bridgehead atoms. The van der Waals surface area contributed by atoms with Crippen molar-refractivity contribution in [2.45, 2.75) is 32.9 Å². The van der Waals surface area contributed by atoms with Crippen LogP contribution < -0.4 is 0 Å². The highest BCUT2D eigenvalue weighted by atomic mass is 16.2. The second-order valence-corrected chi connectivity index (χ2v) is 8.34. The topological polar surface area (TPSA) is 45.6 Å². The molecule has 0 spiro atoms. The van der Waals surface area contributed by atoms with Crippen molar-refractivity contribution in [3.05, 3.63) is 71.4 Å². The van der Waals surface area contributed by atoms with Crippen LogP contribution in [0.1, 0.15) is 53.2 Å². The van der Waals surface area contributed by atoms with Gasteiger partial charge in [0.15, 0.2) is 6.29 Å². The standard InChI is InChI=1S/C25H29N3O2/c1-18(2)26-11-13-27(14-12-26)25(30)21-9-10-24-22(15-21)16-23(17-29)28(24)19(3)20-7-5-4-6-8-20/h4-10,15-19H,11-14H2,1-3H3. The molecule has 0 saturated carbocycles. The Kier molecular flexibility index (Phi) is 5.73. The normalized spacial score (nSPS) is 16.2. The summed E-state index contributed by atoms with van der Waals surface area (Å²) < 4.78 is 2.05. The lowest BCUT2D eigenvalue weighted by Crippen LogP contribution is -2.50. The fraction of sp³-hybridized carbons (Fsp3) is 0.360. The molecule has 1 aromatic heterocycles. The van der Waals surface area contributed by atoms with Crippen molar-refractivity contribution in [1.82, 2.24) is 14.4 Å². The van der Waals surface area contributed by atoms with Crippen LogP contribution in [0.2, 0.25) is 0 Å². The van der Waals surface area contributed by atoms with Crippen LogP contribution in [0.4, 0.5) is 0 Å². The molecule has 0 aliphatic carbocycles. The number of hydrogen-bond acceptors (Lipinski definition) is 3. The van der Waals surface area contributed by atoms with Gasteiger partial charge in [0.25, 0.3) is 5.91 Å². The van der Waals surface area contributed by atoms with Gasteiger partial charge in [-0.3, -0.25) is 14.5 Å². The van der Waals surface area contributed by atoms with Crippen molar-refractivity contribution in [3.8, 4) is 0 Å². The number of aromatic nitrogens is 1. The first-order valence-electron chi connectivity index (χ1n) is 10.7. The SMILES string of the molecule is CC(C)N1CCN(C(=O)c2ccc3c(c2)cc(C=O)n3C(C)c2ccccc2)CC1. The first-order chi connectivity index (χ1) is 14.5. The van der Waals surface area contributed by atoms with E-state index < -0.39 is 0 Å². The Morgan fingerprint density at radius 3 is 2.27 bits per heavy atom. The van der Waals surface area contributed by atoms with Crippen LogP contribution in [0.25, 0.3) is 10.9 Å². The number of nitrogens with zero attached hydrogens (tertiary/aromatic N) is 3. The number of carbonyl (C=O) groups is 2. The Morgan fingerprint density at radius 2 is 1.63 bits per heavy atom. The zero-order chi connectivity index (χ0) is 21.3.